The van der Waals surface area contributed by atoms with Crippen LogP contribution >= 0.6 is 15.9 Å². The number of nitrogens with zero attached hydrogens (tertiary/aromatic N) is 2. The van der Waals surface area contributed by atoms with Gasteiger partial charge in [-0.3, -0.25) is 9.00 Å². The van der Waals surface area contributed by atoms with Crippen LogP contribution in [0, 0.1) is 0 Å². The summed E-state index contributed by atoms with van der Waals surface area (Å²) in [4.78, 5) is 12.1. The van der Waals surface area contributed by atoms with Crippen molar-refractivity contribution < 1.29 is 4.21 Å². The van der Waals surface area contributed by atoms with Gasteiger partial charge in [0.25, 0.3) is 5.56 Å². The van der Waals surface area contributed by atoms with Crippen molar-refractivity contribution in [2.24, 2.45) is 0 Å². The van der Waals surface area contributed by atoms with Crippen LogP contribution in [0.5, 0.6) is 0 Å². The van der Waals surface area contributed by atoms with Gasteiger partial charge in [0.2, 0.25) is 0 Å². The molecule has 2 atom stereocenters. The second-order valence-electron chi connectivity index (χ2n) is 4.87. The molecule has 7 heteroatoms. The molecule has 2 unspecified atom stereocenters. The average Bonchev–Trinajstić information content (AvgIpc) is 2.41. The third-order valence-electron chi connectivity index (χ3n) is 2.95. The van der Waals surface area contributed by atoms with E-state index in [0.717, 1.165) is 19.3 Å². The smallest absolute Gasteiger partial charge is 0.283 e. The second-order valence-corrected chi connectivity index (χ2v) is 7.21. The number of halogens is 1. The minimum absolute atomic E-state index is 0.116. The molecule has 0 aliphatic carbocycles. The molecule has 1 heterocycles. The van der Waals surface area contributed by atoms with Crippen LogP contribution < -0.4 is 10.9 Å². The first-order valence-corrected chi connectivity index (χ1v) is 9.29. The Labute approximate surface area is 130 Å². The highest BCUT2D eigenvalue weighted by Gasteiger charge is 2.11. The maximum atomic E-state index is 12.1. The van der Waals surface area contributed by atoms with Crippen LogP contribution in [-0.4, -0.2) is 32.0 Å². The summed E-state index contributed by atoms with van der Waals surface area (Å²) in [6.07, 6.45) is 6.11. The van der Waals surface area contributed by atoms with Gasteiger partial charge in [-0.1, -0.05) is 13.3 Å². The fourth-order valence-electron chi connectivity index (χ4n) is 1.71. The lowest BCUT2D eigenvalue weighted by atomic mass is 10.2. The zero-order chi connectivity index (χ0) is 15.1. The van der Waals surface area contributed by atoms with Crippen LogP contribution in [0.3, 0.4) is 0 Å². The zero-order valence-electron chi connectivity index (χ0n) is 12.2. The van der Waals surface area contributed by atoms with Crippen LogP contribution in [0.1, 0.15) is 33.1 Å². The fraction of sp³-hybridized carbons (Fsp3) is 0.692. The van der Waals surface area contributed by atoms with Crippen molar-refractivity contribution in [3.63, 3.8) is 0 Å². The Morgan fingerprint density at radius 1 is 1.55 bits per heavy atom. The van der Waals surface area contributed by atoms with E-state index in [4.69, 9.17) is 0 Å². The number of hydrogen-bond donors (Lipinski definition) is 1. The van der Waals surface area contributed by atoms with Crippen LogP contribution in [0.4, 0.5) is 5.69 Å². The molecule has 1 rings (SSSR count). The maximum Gasteiger partial charge on any atom is 0.283 e. The minimum Gasteiger partial charge on any atom is -0.380 e. The molecule has 1 N–H and O–H groups in total. The molecule has 0 aliphatic rings. The molecule has 20 heavy (non-hydrogen) atoms. The van der Waals surface area contributed by atoms with Crippen LogP contribution in [0.15, 0.2) is 15.5 Å². The Hall–Kier alpha value is -0.690. The number of hydrogen-bond acceptors (Lipinski definition) is 4. The Morgan fingerprint density at radius 3 is 2.85 bits per heavy atom. The largest absolute Gasteiger partial charge is 0.380 e. The highest BCUT2D eigenvalue weighted by Crippen LogP contribution is 2.18. The Balaban J connectivity index is 2.74. The van der Waals surface area contributed by atoms with E-state index in [1.165, 1.54) is 4.68 Å². The monoisotopic (exact) mass is 363 g/mol. The average molecular weight is 364 g/mol. The number of nitrogens with one attached hydrogen (secondary N) is 1. The molecule has 5 nitrogen and oxygen atoms in total. The molecule has 0 saturated heterocycles. The molecule has 0 aromatic carbocycles. The maximum absolute atomic E-state index is 12.1. The van der Waals surface area contributed by atoms with Gasteiger partial charge < -0.3 is 5.32 Å². The fourth-order valence-corrected chi connectivity index (χ4v) is 2.82. The van der Waals surface area contributed by atoms with Gasteiger partial charge in [-0.15, -0.1) is 0 Å². The number of aryl methyl sites for hydroxylation is 1. The lowest BCUT2D eigenvalue weighted by molar-refractivity contribution is 0.540. The van der Waals surface area contributed by atoms with E-state index >= 15 is 0 Å². The summed E-state index contributed by atoms with van der Waals surface area (Å²) in [6, 6.07) is 0.142. The van der Waals surface area contributed by atoms with Gasteiger partial charge in [0.1, 0.15) is 4.47 Å². The lowest BCUT2D eigenvalue weighted by Crippen LogP contribution is -2.26. The summed E-state index contributed by atoms with van der Waals surface area (Å²) in [7, 11) is -0.795. The molecule has 0 bridgehead atoms. The van der Waals surface area contributed by atoms with Crippen LogP contribution in [0.2, 0.25) is 0 Å². The quantitative estimate of drug-likeness (QED) is 0.769. The Bertz CT molecular complexity index is 519. The first-order chi connectivity index (χ1) is 9.45. The number of unbranched alkanes of at least 4 members (excludes halogenated alkanes) is 1. The predicted octanol–water partition coefficient (Wildman–Crippen LogP) is 2.37. The van der Waals surface area contributed by atoms with Crippen LogP contribution in [-0.2, 0) is 17.3 Å². The van der Waals surface area contributed by atoms with E-state index < -0.39 is 10.8 Å². The first-order valence-electron chi connectivity index (χ1n) is 6.77. The van der Waals surface area contributed by atoms with Gasteiger partial charge in [0, 0.05) is 35.4 Å². The molecule has 0 aliphatic heterocycles. The zero-order valence-corrected chi connectivity index (χ0v) is 14.6. The van der Waals surface area contributed by atoms with Gasteiger partial charge in [-0.05, 0) is 35.7 Å². The van der Waals surface area contributed by atoms with E-state index in [-0.39, 0.29) is 11.6 Å². The summed E-state index contributed by atoms with van der Waals surface area (Å²) in [5.74, 6) is 0.646. The van der Waals surface area contributed by atoms with Crippen molar-refractivity contribution in [3.05, 3.63) is 21.0 Å². The molecule has 0 fully saturated rings. The highest BCUT2D eigenvalue weighted by atomic mass is 79.9. The van der Waals surface area contributed by atoms with Gasteiger partial charge in [0.15, 0.2) is 0 Å². The molecule has 0 amide bonds. The SMILES string of the molecule is CCCCn1ncc(NC(C)CCS(C)=O)c(Br)c1=O. The summed E-state index contributed by atoms with van der Waals surface area (Å²) in [6.45, 7) is 4.72. The molecule has 1 aromatic rings. The van der Waals surface area contributed by atoms with Gasteiger partial charge >= 0.3 is 0 Å². The molecule has 1 aromatic heterocycles. The Morgan fingerprint density at radius 2 is 2.25 bits per heavy atom. The number of aromatic nitrogens is 2. The van der Waals surface area contributed by atoms with Gasteiger partial charge in [0.05, 0.1) is 11.9 Å². The molecule has 0 radical (unpaired) electrons. The number of rotatable bonds is 8. The number of anilines is 1. The molecular weight excluding hydrogens is 342 g/mol. The standard InChI is InChI=1S/C13H22BrN3O2S/c1-4-5-7-17-13(18)12(14)11(9-15-17)16-10(2)6-8-20(3)19/h9-10,16H,4-8H2,1-3H3. The molecule has 0 spiro atoms. The van der Waals surface area contributed by atoms with Crippen LogP contribution in [0.25, 0.3) is 0 Å². The topological polar surface area (TPSA) is 64.0 Å². The van der Waals surface area contributed by atoms with E-state index in [1.54, 1.807) is 12.5 Å². The van der Waals surface area contributed by atoms with Crippen molar-refractivity contribution >= 4 is 32.4 Å². The van der Waals surface area contributed by atoms with E-state index in [9.17, 15) is 9.00 Å². The van der Waals surface area contributed by atoms with E-state index in [2.05, 4.69) is 33.3 Å². The molecular formula is C13H22BrN3O2S. The van der Waals surface area contributed by atoms with Gasteiger partial charge in [-0.2, -0.15) is 5.10 Å². The minimum atomic E-state index is -0.795. The highest BCUT2D eigenvalue weighted by molar-refractivity contribution is 9.10. The van der Waals surface area contributed by atoms with E-state index in [0.29, 0.717) is 22.5 Å². The molecule has 114 valence electrons. The lowest BCUT2D eigenvalue weighted by Gasteiger charge is -2.16. The summed E-state index contributed by atoms with van der Waals surface area (Å²) < 4.78 is 13.1. The third-order valence-corrected chi connectivity index (χ3v) is 4.53. The van der Waals surface area contributed by atoms with E-state index in [1.807, 2.05) is 6.92 Å². The third kappa shape index (κ3) is 5.36. The predicted molar refractivity (Wildman–Crippen MR) is 87.7 cm³/mol. The normalized spacial score (nSPS) is 14.0. The summed E-state index contributed by atoms with van der Waals surface area (Å²) in [5, 5.41) is 7.41. The van der Waals surface area contributed by atoms with Crippen molar-refractivity contribution in [1.82, 2.24) is 9.78 Å². The Kier molecular flexibility index (Phi) is 7.43. The molecule has 0 saturated carbocycles. The van der Waals surface area contributed by atoms with Crippen molar-refractivity contribution in [1.29, 1.82) is 0 Å². The van der Waals surface area contributed by atoms with Crippen molar-refractivity contribution in [2.45, 2.75) is 45.7 Å². The summed E-state index contributed by atoms with van der Waals surface area (Å²) in [5.41, 5.74) is 0.576. The summed E-state index contributed by atoms with van der Waals surface area (Å²) >= 11 is 3.34. The first kappa shape index (κ1) is 17.4. The van der Waals surface area contributed by atoms with Gasteiger partial charge in [-0.25, -0.2) is 4.68 Å². The van der Waals surface area contributed by atoms with Crippen molar-refractivity contribution in [2.75, 3.05) is 17.3 Å². The van der Waals surface area contributed by atoms with Crippen molar-refractivity contribution in [3.8, 4) is 0 Å². The second kappa shape index (κ2) is 8.56.